The molecule has 1 aliphatic rings. The maximum Gasteiger partial charge on any atom is 0.295 e. The summed E-state index contributed by atoms with van der Waals surface area (Å²) in [7, 11) is 1.58. The Morgan fingerprint density at radius 1 is 1.28 bits per heavy atom. The Bertz CT molecular complexity index is 915. The molecule has 29 heavy (non-hydrogen) atoms. The summed E-state index contributed by atoms with van der Waals surface area (Å²) in [4.78, 5) is 26.9. The lowest BCUT2D eigenvalue weighted by molar-refractivity contribution is -0.140. The number of benzene rings is 1. The SMILES string of the molecule is CCOc1ccc(/C(O)=C2/C(=O)C(=O)N(CCCOC)C2c2ccco2)cc1C. The lowest BCUT2D eigenvalue weighted by Crippen LogP contribution is -2.31. The monoisotopic (exact) mass is 399 g/mol. The summed E-state index contributed by atoms with van der Waals surface area (Å²) in [6.07, 6.45) is 2.04. The number of hydrogen-bond donors (Lipinski definition) is 1. The van der Waals surface area contributed by atoms with E-state index in [0.29, 0.717) is 43.3 Å². The molecule has 1 N–H and O–H groups in total. The van der Waals surface area contributed by atoms with Crippen molar-refractivity contribution in [3.63, 3.8) is 0 Å². The number of ether oxygens (including phenoxy) is 2. The van der Waals surface area contributed by atoms with Gasteiger partial charge in [0.25, 0.3) is 11.7 Å². The first-order chi connectivity index (χ1) is 14.0. The maximum absolute atomic E-state index is 12.8. The molecule has 3 rings (SSSR count). The van der Waals surface area contributed by atoms with Crippen LogP contribution < -0.4 is 4.74 Å². The van der Waals surface area contributed by atoms with Crippen molar-refractivity contribution in [2.75, 3.05) is 26.9 Å². The van der Waals surface area contributed by atoms with Gasteiger partial charge in [0, 0.05) is 25.8 Å². The summed E-state index contributed by atoms with van der Waals surface area (Å²) < 4.78 is 16.1. The summed E-state index contributed by atoms with van der Waals surface area (Å²) in [6, 6.07) is 7.74. The predicted molar refractivity (Wildman–Crippen MR) is 107 cm³/mol. The first-order valence-electron chi connectivity index (χ1n) is 9.54. The molecule has 0 bridgehead atoms. The predicted octanol–water partition coefficient (Wildman–Crippen LogP) is 3.44. The Labute approximate surface area is 169 Å². The van der Waals surface area contributed by atoms with Gasteiger partial charge in [-0.05, 0) is 56.2 Å². The molecular formula is C22H25NO6. The Hall–Kier alpha value is -3.06. The summed E-state index contributed by atoms with van der Waals surface area (Å²) in [5.74, 6) is -0.498. The van der Waals surface area contributed by atoms with Crippen LogP contribution in [0.5, 0.6) is 5.75 Å². The summed E-state index contributed by atoms with van der Waals surface area (Å²) in [5, 5.41) is 11.0. The Kier molecular flexibility index (Phi) is 6.39. The molecule has 0 saturated carbocycles. The van der Waals surface area contributed by atoms with Gasteiger partial charge < -0.3 is 23.9 Å². The van der Waals surface area contributed by atoms with Crippen molar-refractivity contribution < 1.29 is 28.6 Å². The average Bonchev–Trinajstić information content (AvgIpc) is 3.32. The molecule has 154 valence electrons. The van der Waals surface area contributed by atoms with Crippen LogP contribution in [0.1, 0.15) is 36.3 Å². The fraction of sp³-hybridized carbons (Fsp3) is 0.364. The molecule has 7 heteroatoms. The normalized spacial score (nSPS) is 18.4. The number of likely N-dealkylation sites (tertiary alicyclic amines) is 1. The van der Waals surface area contributed by atoms with Crippen molar-refractivity contribution in [1.82, 2.24) is 4.90 Å². The molecule has 1 fully saturated rings. The van der Waals surface area contributed by atoms with Gasteiger partial charge in [0.2, 0.25) is 0 Å². The zero-order valence-electron chi connectivity index (χ0n) is 16.8. The highest BCUT2D eigenvalue weighted by molar-refractivity contribution is 6.46. The number of methoxy groups -OCH3 is 1. The molecule has 1 atom stereocenters. The summed E-state index contributed by atoms with van der Waals surface area (Å²) in [6.45, 7) is 5.03. The topological polar surface area (TPSA) is 89.2 Å². The van der Waals surface area contributed by atoms with Gasteiger partial charge in [0.05, 0.1) is 18.4 Å². The standard InChI is InChI=1S/C22H25NO6/c1-4-28-16-9-8-15(13-14(16)2)20(24)18-19(17-7-5-12-29-17)23(10-6-11-27-3)22(26)21(18)25/h5,7-9,12-13,19,24H,4,6,10-11H2,1-3H3/b20-18-. The summed E-state index contributed by atoms with van der Waals surface area (Å²) >= 11 is 0. The highest BCUT2D eigenvalue weighted by atomic mass is 16.5. The van der Waals surface area contributed by atoms with Crippen molar-refractivity contribution in [2.45, 2.75) is 26.3 Å². The minimum absolute atomic E-state index is 0.0194. The molecule has 1 aliphatic heterocycles. The summed E-state index contributed by atoms with van der Waals surface area (Å²) in [5.41, 5.74) is 1.28. The van der Waals surface area contributed by atoms with E-state index < -0.39 is 17.7 Å². The number of nitrogens with zero attached hydrogens (tertiary/aromatic N) is 1. The molecule has 0 aliphatic carbocycles. The molecule has 1 saturated heterocycles. The Morgan fingerprint density at radius 3 is 2.69 bits per heavy atom. The van der Waals surface area contributed by atoms with Crippen LogP contribution >= 0.6 is 0 Å². The fourth-order valence-corrected chi connectivity index (χ4v) is 3.50. The van der Waals surface area contributed by atoms with E-state index in [2.05, 4.69) is 0 Å². The fourth-order valence-electron chi connectivity index (χ4n) is 3.50. The number of Topliss-reactive ketones (excluding diaryl/α,β-unsaturated/α-hetero) is 1. The van der Waals surface area contributed by atoms with E-state index in [1.807, 2.05) is 13.8 Å². The number of rotatable bonds is 8. The minimum atomic E-state index is -0.784. The smallest absolute Gasteiger partial charge is 0.295 e. The number of aryl methyl sites for hydroxylation is 1. The van der Waals surface area contributed by atoms with Gasteiger partial charge in [-0.2, -0.15) is 0 Å². The van der Waals surface area contributed by atoms with E-state index in [1.165, 1.54) is 11.2 Å². The molecule has 1 unspecified atom stereocenters. The molecule has 0 radical (unpaired) electrons. The van der Waals surface area contributed by atoms with E-state index in [9.17, 15) is 14.7 Å². The zero-order chi connectivity index (χ0) is 21.0. The van der Waals surface area contributed by atoms with E-state index in [-0.39, 0.29) is 11.3 Å². The third-order valence-electron chi connectivity index (χ3n) is 4.85. The van der Waals surface area contributed by atoms with Crippen LogP contribution in [0, 0.1) is 6.92 Å². The maximum atomic E-state index is 12.8. The van der Waals surface area contributed by atoms with Gasteiger partial charge in [-0.15, -0.1) is 0 Å². The second-order valence-electron chi connectivity index (χ2n) is 6.77. The highest BCUT2D eigenvalue weighted by Gasteiger charge is 2.47. The van der Waals surface area contributed by atoms with E-state index in [4.69, 9.17) is 13.9 Å². The van der Waals surface area contributed by atoms with E-state index >= 15 is 0 Å². The van der Waals surface area contributed by atoms with Crippen LogP contribution in [0.4, 0.5) is 0 Å². The molecule has 1 amide bonds. The number of furan rings is 1. The van der Waals surface area contributed by atoms with E-state index in [0.717, 1.165) is 5.56 Å². The van der Waals surface area contributed by atoms with Crippen LogP contribution in [0.2, 0.25) is 0 Å². The van der Waals surface area contributed by atoms with E-state index in [1.54, 1.807) is 37.4 Å². The third-order valence-corrected chi connectivity index (χ3v) is 4.85. The number of ketones is 1. The molecule has 7 nitrogen and oxygen atoms in total. The number of aliphatic hydroxyl groups is 1. The first-order valence-corrected chi connectivity index (χ1v) is 9.54. The third kappa shape index (κ3) is 4.05. The van der Waals surface area contributed by atoms with Crippen molar-refractivity contribution in [3.05, 3.63) is 59.1 Å². The largest absolute Gasteiger partial charge is 0.507 e. The number of carbonyl (C=O) groups excluding carboxylic acids is 2. The van der Waals surface area contributed by atoms with Gasteiger partial charge in [0.1, 0.15) is 23.3 Å². The Balaban J connectivity index is 2.05. The van der Waals surface area contributed by atoms with Crippen LogP contribution in [-0.4, -0.2) is 48.6 Å². The Morgan fingerprint density at radius 2 is 2.07 bits per heavy atom. The van der Waals surface area contributed by atoms with Gasteiger partial charge >= 0.3 is 0 Å². The molecule has 1 aromatic heterocycles. The molecule has 1 aromatic carbocycles. The van der Waals surface area contributed by atoms with Crippen LogP contribution in [0.25, 0.3) is 5.76 Å². The lowest BCUT2D eigenvalue weighted by atomic mass is 9.98. The second kappa shape index (κ2) is 8.96. The van der Waals surface area contributed by atoms with Crippen molar-refractivity contribution in [3.8, 4) is 5.75 Å². The van der Waals surface area contributed by atoms with Crippen LogP contribution in [0.3, 0.4) is 0 Å². The van der Waals surface area contributed by atoms with Crippen LogP contribution in [-0.2, 0) is 14.3 Å². The molecule has 2 heterocycles. The number of aliphatic hydroxyl groups excluding tert-OH is 1. The van der Waals surface area contributed by atoms with Crippen LogP contribution in [0.15, 0.2) is 46.6 Å². The van der Waals surface area contributed by atoms with Crippen molar-refractivity contribution in [1.29, 1.82) is 0 Å². The van der Waals surface area contributed by atoms with Crippen molar-refractivity contribution in [2.24, 2.45) is 0 Å². The molecule has 0 spiro atoms. The van der Waals surface area contributed by atoms with Gasteiger partial charge in [0.15, 0.2) is 0 Å². The number of hydrogen-bond acceptors (Lipinski definition) is 6. The average molecular weight is 399 g/mol. The molecular weight excluding hydrogens is 374 g/mol. The zero-order valence-corrected chi connectivity index (χ0v) is 16.8. The van der Waals surface area contributed by atoms with Gasteiger partial charge in [-0.1, -0.05) is 0 Å². The lowest BCUT2D eigenvalue weighted by Gasteiger charge is -2.23. The van der Waals surface area contributed by atoms with Gasteiger partial charge in [-0.3, -0.25) is 9.59 Å². The first kappa shape index (κ1) is 20.7. The highest BCUT2D eigenvalue weighted by Crippen LogP contribution is 2.40. The quantitative estimate of drug-likeness (QED) is 0.317. The number of carbonyl (C=O) groups is 2. The second-order valence-corrected chi connectivity index (χ2v) is 6.77. The van der Waals surface area contributed by atoms with Gasteiger partial charge in [-0.25, -0.2) is 0 Å². The van der Waals surface area contributed by atoms with Crippen molar-refractivity contribution >= 4 is 17.4 Å². The molecule has 2 aromatic rings. The minimum Gasteiger partial charge on any atom is -0.507 e. The number of amides is 1.